The molecule has 1 heterocycles. The molecular formula is C10H7F3N2OS. The first kappa shape index (κ1) is 12.0. The van der Waals surface area contributed by atoms with Gasteiger partial charge in [-0.25, -0.2) is 4.98 Å². The van der Waals surface area contributed by atoms with Gasteiger partial charge in [0, 0.05) is 5.56 Å². The number of alkyl halides is 3. The lowest BCUT2D eigenvalue weighted by atomic mass is 10.1. The number of aromatic nitrogens is 2. The lowest BCUT2D eigenvalue weighted by Crippen LogP contribution is -2.03. The van der Waals surface area contributed by atoms with E-state index in [2.05, 4.69) is 9.36 Å². The van der Waals surface area contributed by atoms with Crippen LogP contribution in [0.25, 0.3) is 10.6 Å². The predicted octanol–water partition coefficient (Wildman–Crippen LogP) is 2.72. The monoisotopic (exact) mass is 260 g/mol. The highest BCUT2D eigenvalue weighted by Crippen LogP contribution is 2.31. The number of hydrogen-bond donors (Lipinski definition) is 1. The van der Waals surface area contributed by atoms with Crippen LogP contribution in [0.2, 0.25) is 0 Å². The molecule has 0 radical (unpaired) electrons. The van der Waals surface area contributed by atoms with Crippen LogP contribution < -0.4 is 0 Å². The largest absolute Gasteiger partial charge is 0.416 e. The minimum atomic E-state index is -4.34. The van der Waals surface area contributed by atoms with Gasteiger partial charge in [0.25, 0.3) is 0 Å². The third kappa shape index (κ3) is 2.62. The average molecular weight is 260 g/mol. The summed E-state index contributed by atoms with van der Waals surface area (Å²) in [6.45, 7) is -0.281. The maximum absolute atomic E-state index is 12.3. The van der Waals surface area contributed by atoms with E-state index in [1.165, 1.54) is 12.1 Å². The van der Waals surface area contributed by atoms with Crippen molar-refractivity contribution in [2.75, 3.05) is 0 Å². The summed E-state index contributed by atoms with van der Waals surface area (Å²) in [6.07, 6.45) is -4.34. The molecule has 0 amide bonds. The van der Waals surface area contributed by atoms with Crippen LogP contribution in [0.4, 0.5) is 13.2 Å². The van der Waals surface area contributed by atoms with Gasteiger partial charge in [-0.2, -0.15) is 17.5 Å². The van der Waals surface area contributed by atoms with Crippen LogP contribution >= 0.6 is 11.5 Å². The molecule has 0 aliphatic carbocycles. The van der Waals surface area contributed by atoms with Crippen molar-refractivity contribution >= 4 is 11.5 Å². The van der Waals surface area contributed by atoms with Crippen LogP contribution in [0.15, 0.2) is 24.3 Å². The van der Waals surface area contributed by atoms with Crippen LogP contribution in [0.3, 0.4) is 0 Å². The van der Waals surface area contributed by atoms with E-state index in [9.17, 15) is 13.2 Å². The van der Waals surface area contributed by atoms with Gasteiger partial charge in [-0.05, 0) is 23.7 Å². The fraction of sp³-hybridized carbons (Fsp3) is 0.200. The van der Waals surface area contributed by atoms with Gasteiger partial charge in [0.05, 0.1) is 5.56 Å². The Hall–Kier alpha value is -1.47. The molecule has 1 aromatic heterocycles. The highest BCUT2D eigenvalue weighted by atomic mass is 32.1. The first-order chi connectivity index (χ1) is 8.00. The van der Waals surface area contributed by atoms with E-state index >= 15 is 0 Å². The Morgan fingerprint density at radius 1 is 1.18 bits per heavy atom. The van der Waals surface area contributed by atoms with Crippen molar-refractivity contribution in [2.45, 2.75) is 12.8 Å². The Balaban J connectivity index is 2.29. The Morgan fingerprint density at radius 3 is 2.29 bits per heavy atom. The first-order valence-corrected chi connectivity index (χ1v) is 5.39. The van der Waals surface area contributed by atoms with Crippen molar-refractivity contribution in [1.29, 1.82) is 0 Å². The van der Waals surface area contributed by atoms with Gasteiger partial charge < -0.3 is 5.11 Å². The summed E-state index contributed by atoms with van der Waals surface area (Å²) in [5.74, 6) is 0.268. The Labute approximate surface area is 98.7 Å². The van der Waals surface area contributed by atoms with E-state index in [1.807, 2.05) is 0 Å². The number of halogens is 3. The summed E-state index contributed by atoms with van der Waals surface area (Å²) in [6, 6.07) is 4.67. The fourth-order valence-corrected chi connectivity index (χ4v) is 1.92. The Bertz CT molecular complexity index is 507. The van der Waals surface area contributed by atoms with Crippen molar-refractivity contribution in [1.82, 2.24) is 9.36 Å². The van der Waals surface area contributed by atoms with Crippen molar-refractivity contribution in [3.8, 4) is 10.6 Å². The van der Waals surface area contributed by atoms with Gasteiger partial charge in [0.2, 0.25) is 0 Å². The summed E-state index contributed by atoms with van der Waals surface area (Å²) in [5.41, 5.74) is -0.150. The molecule has 7 heteroatoms. The molecule has 90 valence electrons. The molecule has 0 unspecified atom stereocenters. The second-order valence-electron chi connectivity index (χ2n) is 3.25. The zero-order valence-corrected chi connectivity index (χ0v) is 9.22. The van der Waals surface area contributed by atoms with Crippen LogP contribution in [0.5, 0.6) is 0 Å². The van der Waals surface area contributed by atoms with E-state index in [1.54, 1.807) is 0 Å². The standard InChI is InChI=1S/C10H7F3N2OS/c11-10(12,13)7-3-1-6(2-4-7)9-14-8(5-16)15-17-9/h1-4,16H,5H2. The zero-order valence-electron chi connectivity index (χ0n) is 8.40. The molecule has 17 heavy (non-hydrogen) atoms. The number of rotatable bonds is 2. The van der Waals surface area contributed by atoms with Crippen LogP contribution in [-0.2, 0) is 12.8 Å². The molecule has 0 fully saturated rings. The van der Waals surface area contributed by atoms with Crippen molar-refractivity contribution in [3.05, 3.63) is 35.7 Å². The lowest BCUT2D eigenvalue weighted by molar-refractivity contribution is -0.137. The summed E-state index contributed by atoms with van der Waals surface area (Å²) in [4.78, 5) is 3.97. The molecule has 0 aliphatic rings. The van der Waals surface area contributed by atoms with E-state index < -0.39 is 11.7 Å². The van der Waals surface area contributed by atoms with Gasteiger partial charge in [0.15, 0.2) is 5.82 Å². The first-order valence-electron chi connectivity index (χ1n) is 4.62. The van der Waals surface area contributed by atoms with E-state index in [4.69, 9.17) is 5.11 Å². The normalized spacial score (nSPS) is 11.8. The topological polar surface area (TPSA) is 46.0 Å². The molecular weight excluding hydrogens is 253 g/mol. The summed E-state index contributed by atoms with van der Waals surface area (Å²) >= 11 is 1.04. The Morgan fingerprint density at radius 2 is 1.82 bits per heavy atom. The molecule has 0 spiro atoms. The SMILES string of the molecule is OCc1nsc(-c2ccc(C(F)(F)F)cc2)n1. The molecule has 0 atom stereocenters. The number of aliphatic hydroxyl groups is 1. The second kappa shape index (κ2) is 4.42. The van der Waals surface area contributed by atoms with Gasteiger partial charge >= 0.3 is 6.18 Å². The summed E-state index contributed by atoms with van der Waals surface area (Å²) < 4.78 is 40.8. The van der Waals surface area contributed by atoms with Crippen molar-refractivity contribution in [2.24, 2.45) is 0 Å². The van der Waals surface area contributed by atoms with Crippen molar-refractivity contribution in [3.63, 3.8) is 0 Å². The third-order valence-corrected chi connectivity index (χ3v) is 2.87. The molecule has 1 N–H and O–H groups in total. The summed E-state index contributed by atoms with van der Waals surface area (Å²) in [5, 5.41) is 9.27. The zero-order chi connectivity index (χ0) is 12.5. The molecule has 0 saturated heterocycles. The quantitative estimate of drug-likeness (QED) is 0.903. The predicted molar refractivity (Wildman–Crippen MR) is 56.3 cm³/mol. The fourth-order valence-electron chi connectivity index (χ4n) is 1.24. The molecule has 0 saturated carbocycles. The third-order valence-electron chi connectivity index (χ3n) is 2.07. The number of benzene rings is 1. The molecule has 3 nitrogen and oxygen atoms in total. The molecule has 1 aromatic carbocycles. The smallest absolute Gasteiger partial charge is 0.388 e. The van der Waals surface area contributed by atoms with Crippen LogP contribution in [0.1, 0.15) is 11.4 Å². The van der Waals surface area contributed by atoms with Gasteiger partial charge in [-0.1, -0.05) is 12.1 Å². The number of nitrogens with zero attached hydrogens (tertiary/aromatic N) is 2. The molecule has 0 aliphatic heterocycles. The molecule has 0 bridgehead atoms. The Kier molecular flexibility index (Phi) is 3.12. The second-order valence-corrected chi connectivity index (χ2v) is 4.00. The molecule has 2 aromatic rings. The van der Waals surface area contributed by atoms with Gasteiger partial charge in [-0.15, -0.1) is 0 Å². The molecule has 2 rings (SSSR count). The lowest BCUT2D eigenvalue weighted by Gasteiger charge is -2.06. The van der Waals surface area contributed by atoms with E-state index in [0.717, 1.165) is 23.7 Å². The number of hydrogen-bond acceptors (Lipinski definition) is 4. The maximum Gasteiger partial charge on any atom is 0.416 e. The van der Waals surface area contributed by atoms with Gasteiger partial charge in [-0.3, -0.25) is 0 Å². The highest BCUT2D eigenvalue weighted by molar-refractivity contribution is 7.09. The number of aliphatic hydroxyl groups excluding tert-OH is 1. The summed E-state index contributed by atoms with van der Waals surface area (Å²) in [7, 11) is 0. The van der Waals surface area contributed by atoms with Crippen molar-refractivity contribution < 1.29 is 18.3 Å². The van der Waals surface area contributed by atoms with E-state index in [-0.39, 0.29) is 12.4 Å². The van der Waals surface area contributed by atoms with Crippen LogP contribution in [-0.4, -0.2) is 14.5 Å². The maximum atomic E-state index is 12.3. The minimum absolute atomic E-state index is 0.268. The average Bonchev–Trinajstić information content (AvgIpc) is 2.76. The van der Waals surface area contributed by atoms with Gasteiger partial charge in [0.1, 0.15) is 11.6 Å². The highest BCUT2D eigenvalue weighted by Gasteiger charge is 2.30. The van der Waals surface area contributed by atoms with Crippen LogP contribution in [0, 0.1) is 0 Å². The van der Waals surface area contributed by atoms with E-state index in [0.29, 0.717) is 10.6 Å². The minimum Gasteiger partial charge on any atom is -0.388 e.